The van der Waals surface area contributed by atoms with Crippen LogP contribution in [0.4, 0.5) is 0 Å². The highest BCUT2D eigenvalue weighted by Crippen LogP contribution is 2.09. The molecule has 2 aromatic carbocycles. The summed E-state index contributed by atoms with van der Waals surface area (Å²) in [6.45, 7) is 0. The van der Waals surface area contributed by atoms with Crippen molar-refractivity contribution in [2.45, 2.75) is 0 Å². The first kappa shape index (κ1) is 10.8. The van der Waals surface area contributed by atoms with Crippen molar-refractivity contribution in [1.29, 1.82) is 0 Å². The Hall–Kier alpha value is -1.72. The Labute approximate surface area is 96.6 Å². The largest absolute Gasteiger partial charge is 0.269 e. The third kappa shape index (κ3) is 2.65. The van der Waals surface area contributed by atoms with Crippen LogP contribution in [0.2, 0.25) is 0 Å². The first-order chi connectivity index (χ1) is 7.90. The smallest absolute Gasteiger partial charge is 0.192 e. The predicted molar refractivity (Wildman–Crippen MR) is 69.1 cm³/mol. The van der Waals surface area contributed by atoms with Gasteiger partial charge in [-0.2, -0.15) is 0 Å². The van der Waals surface area contributed by atoms with Crippen molar-refractivity contribution in [3.05, 3.63) is 65.7 Å². The van der Waals surface area contributed by atoms with Crippen molar-refractivity contribution in [3.8, 4) is 0 Å². The fraction of sp³-hybridized carbons (Fsp3) is 0. The molecule has 1 nitrogen and oxygen atoms in total. The molecule has 0 amide bonds. The molecule has 2 heteroatoms. The zero-order chi connectivity index (χ0) is 11.2. The van der Waals surface area contributed by atoms with E-state index in [9.17, 15) is 4.57 Å². The average Bonchev–Trinajstić information content (AvgIpc) is 2.38. The van der Waals surface area contributed by atoms with E-state index < -0.39 is 0 Å². The minimum atomic E-state index is 0.0622. The zero-order valence-electron chi connectivity index (χ0n) is 8.71. The number of hydrogen-bond acceptors (Lipinski definition) is 1. The van der Waals surface area contributed by atoms with Crippen LogP contribution in [0.1, 0.15) is 11.1 Å². The van der Waals surface area contributed by atoms with E-state index in [1.165, 1.54) is 0 Å². The van der Waals surface area contributed by atoms with Crippen LogP contribution in [0.5, 0.6) is 0 Å². The van der Waals surface area contributed by atoms with Gasteiger partial charge < -0.3 is 0 Å². The minimum absolute atomic E-state index is 0.0622. The number of hydrogen-bond donors (Lipinski definition) is 0. The second kappa shape index (κ2) is 5.39. The molecule has 0 aliphatic rings. The molecule has 0 N–H and O–H groups in total. The van der Waals surface area contributed by atoms with E-state index in [1.54, 1.807) is 0 Å². The Morgan fingerprint density at radius 2 is 1.50 bits per heavy atom. The van der Waals surface area contributed by atoms with E-state index in [0.717, 1.165) is 16.4 Å². The lowest BCUT2D eigenvalue weighted by atomic mass is 10.1. The molecule has 0 bridgehead atoms. The molecule has 0 saturated carbocycles. The summed E-state index contributed by atoms with van der Waals surface area (Å²) in [4.78, 5) is 0. The quantitative estimate of drug-likeness (QED) is 0.575. The molecule has 2 rings (SSSR count). The van der Waals surface area contributed by atoms with E-state index in [2.05, 4.69) is 0 Å². The van der Waals surface area contributed by atoms with Gasteiger partial charge in [-0.15, -0.1) is 0 Å². The van der Waals surface area contributed by atoms with Crippen molar-refractivity contribution in [2.75, 3.05) is 0 Å². The average molecular weight is 226 g/mol. The third-order valence-electron chi connectivity index (χ3n) is 2.29. The molecule has 0 atom stereocenters. The van der Waals surface area contributed by atoms with Gasteiger partial charge in [0, 0.05) is 5.30 Å². The molecule has 0 aliphatic heterocycles. The maximum atomic E-state index is 10.9. The zero-order valence-corrected chi connectivity index (χ0v) is 9.60. The van der Waals surface area contributed by atoms with Crippen LogP contribution in [0.15, 0.2) is 54.6 Å². The van der Waals surface area contributed by atoms with Gasteiger partial charge in [-0.3, -0.25) is 4.57 Å². The van der Waals surface area contributed by atoms with Crippen LogP contribution in [0.25, 0.3) is 12.2 Å². The van der Waals surface area contributed by atoms with Crippen LogP contribution in [0, 0.1) is 0 Å². The first-order valence-corrected chi connectivity index (χ1v) is 5.87. The van der Waals surface area contributed by atoms with Crippen LogP contribution >= 0.6 is 8.46 Å². The molecule has 0 fully saturated rings. The predicted octanol–water partition coefficient (Wildman–Crippen LogP) is 3.77. The van der Waals surface area contributed by atoms with Crippen LogP contribution in [0.3, 0.4) is 0 Å². The number of rotatable bonds is 3. The van der Waals surface area contributed by atoms with Crippen LogP contribution in [-0.2, 0) is 4.57 Å². The summed E-state index contributed by atoms with van der Waals surface area (Å²) < 4.78 is 10.9. The van der Waals surface area contributed by atoms with E-state index in [-0.39, 0.29) is 8.46 Å². The third-order valence-corrected chi connectivity index (χ3v) is 2.89. The van der Waals surface area contributed by atoms with Gasteiger partial charge in [-0.25, -0.2) is 0 Å². The molecule has 0 unspecified atom stereocenters. The fourth-order valence-corrected chi connectivity index (χ4v) is 1.86. The maximum absolute atomic E-state index is 10.9. The highest BCUT2D eigenvalue weighted by Gasteiger charge is 1.96. The Bertz CT molecular complexity index is 503. The van der Waals surface area contributed by atoms with Crippen molar-refractivity contribution in [1.82, 2.24) is 0 Å². The summed E-state index contributed by atoms with van der Waals surface area (Å²) in [6, 6.07) is 17.7. The van der Waals surface area contributed by atoms with Crippen molar-refractivity contribution in [3.63, 3.8) is 0 Å². The van der Waals surface area contributed by atoms with Gasteiger partial charge in [0.1, 0.15) is 0 Å². The summed E-state index contributed by atoms with van der Waals surface area (Å²) in [6.07, 6.45) is 4.00. The minimum Gasteiger partial charge on any atom is -0.269 e. The standard InChI is InChI=1S/C14H11OP/c15-16-14-9-5-4-8-13(14)11-10-12-6-2-1-3-7-12/h1-11H. The molecule has 16 heavy (non-hydrogen) atoms. The molecule has 78 valence electrons. The lowest BCUT2D eigenvalue weighted by Gasteiger charge is -1.96. The second-order valence-corrected chi connectivity index (χ2v) is 4.06. The lowest BCUT2D eigenvalue weighted by molar-refractivity contribution is 0.603. The Kier molecular flexibility index (Phi) is 3.63. The SMILES string of the molecule is O=Pc1ccccc1C=Cc1ccccc1. The number of benzene rings is 2. The van der Waals surface area contributed by atoms with Gasteiger partial charge in [-0.05, 0) is 17.2 Å². The Morgan fingerprint density at radius 1 is 0.812 bits per heavy atom. The lowest BCUT2D eigenvalue weighted by Crippen LogP contribution is -1.95. The van der Waals surface area contributed by atoms with E-state index in [0.29, 0.717) is 0 Å². The molecule has 0 aliphatic carbocycles. The molecular formula is C14H11OP. The van der Waals surface area contributed by atoms with Crippen molar-refractivity contribution >= 4 is 25.9 Å². The summed E-state index contributed by atoms with van der Waals surface area (Å²) in [5.41, 5.74) is 2.13. The fourth-order valence-electron chi connectivity index (χ4n) is 1.46. The molecule has 0 radical (unpaired) electrons. The summed E-state index contributed by atoms with van der Waals surface area (Å²) in [5.74, 6) is 0. The normalized spacial score (nSPS) is 11.0. The maximum Gasteiger partial charge on any atom is 0.192 e. The van der Waals surface area contributed by atoms with Crippen LogP contribution < -0.4 is 5.30 Å². The van der Waals surface area contributed by atoms with Crippen molar-refractivity contribution in [2.24, 2.45) is 0 Å². The topological polar surface area (TPSA) is 17.1 Å². The molecule has 2 aromatic rings. The van der Waals surface area contributed by atoms with Gasteiger partial charge in [-0.1, -0.05) is 60.7 Å². The molecular weight excluding hydrogens is 215 g/mol. The van der Waals surface area contributed by atoms with Crippen LogP contribution in [-0.4, -0.2) is 0 Å². The monoisotopic (exact) mass is 226 g/mol. The van der Waals surface area contributed by atoms with Gasteiger partial charge in [0.05, 0.1) is 0 Å². The molecule has 0 spiro atoms. The van der Waals surface area contributed by atoms with Gasteiger partial charge in [0.25, 0.3) is 0 Å². The van der Waals surface area contributed by atoms with Crippen molar-refractivity contribution < 1.29 is 4.57 Å². The summed E-state index contributed by atoms with van der Waals surface area (Å²) in [5, 5.41) is 0.815. The van der Waals surface area contributed by atoms with E-state index >= 15 is 0 Å². The molecule has 0 heterocycles. The van der Waals surface area contributed by atoms with Gasteiger partial charge in [0.2, 0.25) is 0 Å². The summed E-state index contributed by atoms with van der Waals surface area (Å²) >= 11 is 0. The van der Waals surface area contributed by atoms with E-state index in [1.807, 2.05) is 66.7 Å². The van der Waals surface area contributed by atoms with Gasteiger partial charge >= 0.3 is 0 Å². The van der Waals surface area contributed by atoms with E-state index in [4.69, 9.17) is 0 Å². The Balaban J connectivity index is 2.27. The Morgan fingerprint density at radius 3 is 2.25 bits per heavy atom. The highest BCUT2D eigenvalue weighted by molar-refractivity contribution is 7.34. The second-order valence-electron chi connectivity index (χ2n) is 3.39. The molecule has 0 saturated heterocycles. The first-order valence-electron chi connectivity index (χ1n) is 5.05. The highest BCUT2D eigenvalue weighted by atomic mass is 31.1. The summed E-state index contributed by atoms with van der Waals surface area (Å²) in [7, 11) is 0.0622. The molecule has 0 aromatic heterocycles. The van der Waals surface area contributed by atoms with Gasteiger partial charge in [0.15, 0.2) is 8.46 Å².